The number of azo groups is 1. The number of hydrogen-bond acceptors (Lipinski definition) is 10. The van der Waals surface area contributed by atoms with Gasteiger partial charge in [-0.15, -0.1) is 0 Å². The first kappa shape index (κ1) is 21.3. The van der Waals surface area contributed by atoms with E-state index in [4.69, 9.17) is 23.2 Å². The smallest absolute Gasteiger partial charge is 0.301 e. The number of halogens is 2. The van der Waals surface area contributed by atoms with Crippen LogP contribution in [0.3, 0.4) is 0 Å². The minimum Gasteiger partial charge on any atom is -0.594 e. The highest BCUT2D eigenvalue weighted by Gasteiger charge is 2.30. The van der Waals surface area contributed by atoms with E-state index in [0.717, 1.165) is 0 Å². The summed E-state index contributed by atoms with van der Waals surface area (Å²) in [5, 5.41) is 57.9. The Balaban J connectivity index is 2.77. The lowest BCUT2D eigenvalue weighted by Crippen LogP contribution is -1.99. The normalized spacial score (nSPS) is 11.2. The minimum absolute atomic E-state index is 0.434. The molecular formula is C12H4Cl2N6O9. The molecule has 15 nitrogen and oxygen atoms in total. The number of non-ortho nitro benzene ring substituents is 2. The number of hydrogen-bond donors (Lipinski definition) is 0. The SMILES string of the molecule is O=[N+]([O-])c1cc(N=[N+]([O-])c2cc([N+](=O)[O-])cc([N+](=O)[O-])c2Cl)c(Cl)c([N+](=O)[O-])c1. The number of rotatable bonds is 6. The Morgan fingerprint density at radius 1 is 0.621 bits per heavy atom. The molecule has 0 unspecified atom stereocenters. The van der Waals surface area contributed by atoms with E-state index in [1.807, 2.05) is 0 Å². The van der Waals surface area contributed by atoms with Gasteiger partial charge in [-0.3, -0.25) is 40.5 Å². The molecule has 0 atom stereocenters. The summed E-state index contributed by atoms with van der Waals surface area (Å²) in [5.74, 6) is 0. The van der Waals surface area contributed by atoms with Crippen LogP contribution in [-0.4, -0.2) is 24.6 Å². The van der Waals surface area contributed by atoms with Gasteiger partial charge in [0.25, 0.3) is 22.7 Å². The van der Waals surface area contributed by atoms with Crippen molar-refractivity contribution in [2.45, 2.75) is 0 Å². The van der Waals surface area contributed by atoms with Gasteiger partial charge in [0.05, 0.1) is 37.9 Å². The Labute approximate surface area is 167 Å². The standard InChI is InChI=1S/C12H4Cl2N6O9/c13-11-7(1-5(17(22)23)3-9(11)19(26)27)15-16(21)8-2-6(18(24)25)4-10(12(8)14)20(28)29/h1-4H. The van der Waals surface area contributed by atoms with Gasteiger partial charge in [0.15, 0.2) is 15.7 Å². The molecule has 2 aromatic rings. The average molecular weight is 447 g/mol. The van der Waals surface area contributed by atoms with E-state index >= 15 is 0 Å². The lowest BCUT2D eigenvalue weighted by atomic mass is 10.2. The monoisotopic (exact) mass is 446 g/mol. The molecule has 0 saturated carbocycles. The fourth-order valence-corrected chi connectivity index (χ4v) is 2.47. The van der Waals surface area contributed by atoms with Gasteiger partial charge in [-0.05, 0) is 4.86 Å². The van der Waals surface area contributed by atoms with Crippen molar-refractivity contribution < 1.29 is 24.6 Å². The third kappa shape index (κ3) is 4.30. The summed E-state index contributed by atoms with van der Waals surface area (Å²) >= 11 is 11.5. The first-order valence-electron chi connectivity index (χ1n) is 6.87. The lowest BCUT2D eigenvalue weighted by Gasteiger charge is -2.04. The zero-order chi connectivity index (χ0) is 22.0. The van der Waals surface area contributed by atoms with Gasteiger partial charge in [-0.25, -0.2) is 0 Å². The fourth-order valence-electron chi connectivity index (χ4n) is 2.00. The molecule has 0 saturated heterocycles. The fraction of sp³-hybridized carbons (Fsp3) is 0. The van der Waals surface area contributed by atoms with E-state index in [9.17, 15) is 45.7 Å². The van der Waals surface area contributed by atoms with Crippen LogP contribution < -0.4 is 0 Å². The second-order valence-electron chi connectivity index (χ2n) is 5.00. The Hall–Kier alpha value is -3.98. The maximum Gasteiger partial charge on any atom is 0.301 e. The van der Waals surface area contributed by atoms with Gasteiger partial charge in [-0.1, -0.05) is 23.2 Å². The highest BCUT2D eigenvalue weighted by molar-refractivity contribution is 6.35. The topological polar surface area (TPSA) is 211 Å². The molecule has 0 aliphatic heterocycles. The second kappa shape index (κ2) is 7.95. The maximum absolute atomic E-state index is 12.3. The number of nitro benzene ring substituents is 4. The van der Waals surface area contributed by atoms with Crippen LogP contribution >= 0.6 is 23.2 Å². The van der Waals surface area contributed by atoms with E-state index in [-0.39, 0.29) is 0 Å². The Morgan fingerprint density at radius 3 is 1.48 bits per heavy atom. The molecule has 150 valence electrons. The molecule has 0 bridgehead atoms. The Morgan fingerprint density at radius 2 is 1.03 bits per heavy atom. The zero-order valence-corrected chi connectivity index (χ0v) is 14.9. The van der Waals surface area contributed by atoms with Crippen LogP contribution in [-0.2, 0) is 0 Å². The van der Waals surface area contributed by atoms with Gasteiger partial charge in [-0.2, -0.15) is 0 Å². The molecule has 0 radical (unpaired) electrons. The molecule has 2 aromatic carbocycles. The van der Waals surface area contributed by atoms with E-state index in [0.29, 0.717) is 24.3 Å². The highest BCUT2D eigenvalue weighted by atomic mass is 35.5. The zero-order valence-electron chi connectivity index (χ0n) is 13.4. The van der Waals surface area contributed by atoms with Crippen molar-refractivity contribution >= 4 is 57.3 Å². The Kier molecular flexibility index (Phi) is 5.84. The number of benzene rings is 2. The van der Waals surface area contributed by atoms with Crippen LogP contribution in [0.5, 0.6) is 0 Å². The summed E-state index contributed by atoms with van der Waals surface area (Å²) in [6.45, 7) is 0. The van der Waals surface area contributed by atoms with Crippen LogP contribution in [0.15, 0.2) is 29.4 Å². The van der Waals surface area contributed by atoms with Gasteiger partial charge < -0.3 is 5.21 Å². The third-order valence-electron chi connectivity index (χ3n) is 3.26. The number of nitrogens with zero attached hydrogens (tertiary/aromatic N) is 6. The van der Waals surface area contributed by atoms with Crippen LogP contribution in [0.1, 0.15) is 0 Å². The third-order valence-corrected chi connectivity index (χ3v) is 4.03. The predicted molar refractivity (Wildman–Crippen MR) is 94.9 cm³/mol. The summed E-state index contributed by atoms with van der Waals surface area (Å²) in [5.41, 5.74) is -5.23. The van der Waals surface area contributed by atoms with E-state index < -0.39 is 68.7 Å². The molecule has 29 heavy (non-hydrogen) atoms. The van der Waals surface area contributed by atoms with Gasteiger partial charge in [0.2, 0.25) is 0 Å². The molecule has 0 aliphatic carbocycles. The summed E-state index contributed by atoms with van der Waals surface area (Å²) in [6, 6.07) is 2.22. The average Bonchev–Trinajstić information content (AvgIpc) is 2.62. The van der Waals surface area contributed by atoms with Gasteiger partial charge >= 0.3 is 5.69 Å². The van der Waals surface area contributed by atoms with Gasteiger partial charge in [0.1, 0.15) is 0 Å². The summed E-state index contributed by atoms with van der Waals surface area (Å²) in [4.78, 5) is 39.2. The molecule has 0 aromatic heterocycles. The largest absolute Gasteiger partial charge is 0.594 e. The number of nitro groups is 4. The highest BCUT2D eigenvalue weighted by Crippen LogP contribution is 2.41. The Bertz CT molecular complexity index is 1120. The minimum atomic E-state index is -1.09. The van der Waals surface area contributed by atoms with Crippen molar-refractivity contribution in [3.8, 4) is 0 Å². The van der Waals surface area contributed by atoms with Gasteiger partial charge in [0, 0.05) is 11.2 Å². The van der Waals surface area contributed by atoms with Crippen molar-refractivity contribution in [3.63, 3.8) is 0 Å². The molecule has 0 amide bonds. The summed E-state index contributed by atoms with van der Waals surface area (Å²) in [6.07, 6.45) is 0. The van der Waals surface area contributed by atoms with E-state index in [1.54, 1.807) is 0 Å². The molecule has 2 rings (SSSR count). The maximum atomic E-state index is 12.3. The molecule has 17 heteroatoms. The summed E-state index contributed by atoms with van der Waals surface area (Å²) < 4.78 is 0. The van der Waals surface area contributed by atoms with Crippen molar-refractivity contribution in [1.29, 1.82) is 0 Å². The second-order valence-corrected chi connectivity index (χ2v) is 5.75. The lowest BCUT2D eigenvalue weighted by molar-refractivity contribution is -0.438. The summed E-state index contributed by atoms with van der Waals surface area (Å²) in [7, 11) is 0. The molecule has 0 aliphatic rings. The van der Waals surface area contributed by atoms with Crippen molar-refractivity contribution in [2.24, 2.45) is 5.11 Å². The quantitative estimate of drug-likeness (QED) is 0.262. The van der Waals surface area contributed by atoms with Crippen LogP contribution in [0.4, 0.5) is 34.1 Å². The van der Waals surface area contributed by atoms with E-state index in [2.05, 4.69) is 5.11 Å². The first-order chi connectivity index (χ1) is 13.4. The molecule has 0 fully saturated rings. The molecule has 0 spiro atoms. The molecular weight excluding hydrogens is 443 g/mol. The van der Waals surface area contributed by atoms with Crippen molar-refractivity contribution in [3.05, 3.63) is 80.0 Å². The van der Waals surface area contributed by atoms with Crippen molar-refractivity contribution in [2.75, 3.05) is 0 Å². The van der Waals surface area contributed by atoms with Crippen LogP contribution in [0.25, 0.3) is 0 Å². The predicted octanol–water partition coefficient (Wildman–Crippen LogP) is 4.55. The van der Waals surface area contributed by atoms with Crippen molar-refractivity contribution in [1.82, 2.24) is 0 Å². The van der Waals surface area contributed by atoms with Crippen LogP contribution in [0, 0.1) is 45.7 Å². The van der Waals surface area contributed by atoms with Crippen LogP contribution in [0.2, 0.25) is 10.0 Å². The van der Waals surface area contributed by atoms with E-state index in [1.165, 1.54) is 0 Å². The first-order valence-corrected chi connectivity index (χ1v) is 7.63. The molecule has 0 heterocycles. The molecule has 0 N–H and O–H groups in total.